The van der Waals surface area contributed by atoms with Crippen molar-refractivity contribution in [2.75, 3.05) is 18.8 Å². The van der Waals surface area contributed by atoms with Crippen LogP contribution in [0.3, 0.4) is 0 Å². The minimum Gasteiger partial charge on any atom is -0.346 e. The normalized spacial score (nSPS) is 17.7. The molecule has 1 unspecified atom stereocenters. The molecule has 3 aromatic rings. The summed E-state index contributed by atoms with van der Waals surface area (Å²) in [7, 11) is -1.00. The van der Waals surface area contributed by atoms with Gasteiger partial charge in [-0.05, 0) is 23.6 Å². The van der Waals surface area contributed by atoms with Crippen molar-refractivity contribution in [2.24, 2.45) is 5.92 Å². The molecule has 0 bridgehead atoms. The van der Waals surface area contributed by atoms with Gasteiger partial charge in [0.05, 0.1) is 29.7 Å². The number of pyridine rings is 1. The monoisotopic (exact) mass is 382 g/mol. The van der Waals surface area contributed by atoms with Crippen LogP contribution in [0.25, 0.3) is 22.2 Å². The molecule has 3 aromatic heterocycles. The fraction of sp³-hybridized carbons (Fsp3) is 0.421. The van der Waals surface area contributed by atoms with E-state index in [9.17, 15) is 9.47 Å². The lowest BCUT2D eigenvalue weighted by atomic mass is 9.89. The Morgan fingerprint density at radius 2 is 2.22 bits per heavy atom. The van der Waals surface area contributed by atoms with Crippen LogP contribution in [0.5, 0.6) is 0 Å². The van der Waals surface area contributed by atoms with Gasteiger partial charge in [0.2, 0.25) is 0 Å². The molecule has 1 fully saturated rings. The van der Waals surface area contributed by atoms with Crippen LogP contribution in [0, 0.1) is 17.2 Å². The number of nitriles is 1. The first-order valence-corrected chi connectivity index (χ1v) is 10.3. The third-order valence-corrected chi connectivity index (χ3v) is 6.74. The molecule has 1 atom stereocenters. The molecule has 0 aliphatic carbocycles. The van der Waals surface area contributed by atoms with Crippen LogP contribution in [-0.4, -0.2) is 47.1 Å². The Morgan fingerprint density at radius 3 is 2.96 bits per heavy atom. The molecule has 0 spiro atoms. The molecule has 1 N–H and O–H groups in total. The first-order valence-electron chi connectivity index (χ1n) is 9.00. The van der Waals surface area contributed by atoms with Gasteiger partial charge >= 0.3 is 0 Å². The number of hydrogen-bond acceptors (Lipinski definition) is 4. The van der Waals surface area contributed by atoms with Gasteiger partial charge in [-0.1, -0.05) is 13.8 Å². The molecule has 7 nitrogen and oxygen atoms in total. The van der Waals surface area contributed by atoms with E-state index in [0.717, 1.165) is 22.2 Å². The molecule has 27 heavy (non-hydrogen) atoms. The van der Waals surface area contributed by atoms with Crippen molar-refractivity contribution in [3.05, 3.63) is 36.9 Å². The molecule has 1 aliphatic heterocycles. The Balaban J connectivity index is 1.60. The molecule has 0 amide bonds. The summed E-state index contributed by atoms with van der Waals surface area (Å²) in [4.78, 5) is 7.45. The summed E-state index contributed by atoms with van der Waals surface area (Å²) >= 11 is 0. The summed E-state index contributed by atoms with van der Waals surface area (Å²) in [5, 5.41) is 14.9. The second kappa shape index (κ2) is 6.91. The fourth-order valence-corrected chi connectivity index (χ4v) is 5.11. The predicted octanol–water partition coefficient (Wildman–Crippen LogP) is 2.67. The van der Waals surface area contributed by atoms with Crippen LogP contribution < -0.4 is 0 Å². The number of H-pyrrole nitrogens is 1. The lowest BCUT2D eigenvalue weighted by molar-refractivity contribution is 0.0762. The van der Waals surface area contributed by atoms with Crippen molar-refractivity contribution in [1.82, 2.24) is 24.1 Å². The summed E-state index contributed by atoms with van der Waals surface area (Å²) in [6.45, 7) is 5.29. The summed E-state index contributed by atoms with van der Waals surface area (Å²) in [5.74, 6) is 1.03. The zero-order valence-corrected chi connectivity index (χ0v) is 16.2. The third kappa shape index (κ3) is 3.17. The van der Waals surface area contributed by atoms with E-state index >= 15 is 0 Å². The minimum absolute atomic E-state index is 0.347. The van der Waals surface area contributed by atoms with E-state index in [1.165, 1.54) is 0 Å². The van der Waals surface area contributed by atoms with Crippen LogP contribution in [0.15, 0.2) is 36.9 Å². The van der Waals surface area contributed by atoms with Crippen LogP contribution in [-0.2, 0) is 16.5 Å². The molecular weight excluding hydrogens is 360 g/mol. The molecule has 1 aliphatic rings. The standard InChI is InChI=1S/C19H22N6OS/c1-14(2)11-27(26)24-12-19(13-24,5-6-20)25-10-15(9-23-25)16-3-7-21-18-17(16)4-8-22-18/h3-4,7-10,14H,5,11-13H2,1-2H3,(H,21,22). The van der Waals surface area contributed by atoms with Crippen LogP contribution in [0.2, 0.25) is 0 Å². The van der Waals surface area contributed by atoms with E-state index < -0.39 is 16.5 Å². The summed E-state index contributed by atoms with van der Waals surface area (Å²) in [6, 6.07) is 6.25. The first kappa shape index (κ1) is 17.9. The van der Waals surface area contributed by atoms with Crippen LogP contribution in [0.4, 0.5) is 0 Å². The maximum Gasteiger partial charge on any atom is 0.137 e. The second-order valence-electron chi connectivity index (χ2n) is 7.51. The van der Waals surface area contributed by atoms with Crippen molar-refractivity contribution >= 4 is 22.0 Å². The Hall–Kier alpha value is -2.50. The van der Waals surface area contributed by atoms with Gasteiger partial charge in [-0.15, -0.1) is 0 Å². The molecule has 4 heterocycles. The first-order chi connectivity index (χ1) is 13.0. The number of nitrogens with zero attached hydrogens (tertiary/aromatic N) is 5. The average Bonchev–Trinajstić information content (AvgIpc) is 3.25. The molecule has 1 saturated heterocycles. The van der Waals surface area contributed by atoms with Crippen LogP contribution >= 0.6 is 0 Å². The third-order valence-electron chi connectivity index (χ3n) is 4.95. The number of nitrogens with one attached hydrogen (secondary N) is 1. The van der Waals surface area contributed by atoms with Gasteiger partial charge < -0.3 is 4.98 Å². The van der Waals surface area contributed by atoms with Crippen molar-refractivity contribution in [3.8, 4) is 17.2 Å². The van der Waals surface area contributed by atoms with Gasteiger partial charge in [-0.25, -0.2) is 13.5 Å². The zero-order chi connectivity index (χ0) is 19.0. The smallest absolute Gasteiger partial charge is 0.137 e. The quantitative estimate of drug-likeness (QED) is 0.710. The van der Waals surface area contributed by atoms with Gasteiger partial charge in [0, 0.05) is 48.4 Å². The minimum atomic E-state index is -1.00. The van der Waals surface area contributed by atoms with Gasteiger partial charge in [0.1, 0.15) is 11.2 Å². The molecule has 8 heteroatoms. The topological polar surface area (TPSA) is 90.6 Å². The summed E-state index contributed by atoms with van der Waals surface area (Å²) in [5.41, 5.74) is 2.47. The van der Waals surface area contributed by atoms with Crippen molar-refractivity contribution in [1.29, 1.82) is 5.26 Å². The van der Waals surface area contributed by atoms with Gasteiger partial charge in [-0.3, -0.25) is 4.68 Å². The number of rotatable bonds is 6. The average molecular weight is 382 g/mol. The highest BCUT2D eigenvalue weighted by Gasteiger charge is 2.47. The highest BCUT2D eigenvalue weighted by Crippen LogP contribution is 2.35. The highest BCUT2D eigenvalue weighted by molar-refractivity contribution is 7.82. The summed E-state index contributed by atoms with van der Waals surface area (Å²) in [6.07, 6.45) is 7.81. The van der Waals surface area contributed by atoms with Gasteiger partial charge in [-0.2, -0.15) is 10.4 Å². The Bertz CT molecular complexity index is 1020. The van der Waals surface area contributed by atoms with Crippen LogP contribution in [0.1, 0.15) is 20.3 Å². The number of aromatic amines is 1. The molecular formula is C19H22N6OS. The van der Waals surface area contributed by atoms with E-state index in [4.69, 9.17) is 0 Å². The molecule has 4 rings (SSSR count). The largest absolute Gasteiger partial charge is 0.346 e. The van der Waals surface area contributed by atoms with Crippen molar-refractivity contribution < 1.29 is 4.21 Å². The fourth-order valence-electron chi connectivity index (χ4n) is 3.56. The summed E-state index contributed by atoms with van der Waals surface area (Å²) < 4.78 is 16.2. The molecule has 140 valence electrons. The van der Waals surface area contributed by atoms with Gasteiger partial charge in [0.25, 0.3) is 0 Å². The van der Waals surface area contributed by atoms with E-state index in [1.54, 1.807) is 6.20 Å². The lowest BCUT2D eigenvalue weighted by Gasteiger charge is -2.48. The van der Waals surface area contributed by atoms with Gasteiger partial charge in [0.15, 0.2) is 0 Å². The number of hydrogen-bond donors (Lipinski definition) is 1. The lowest BCUT2D eigenvalue weighted by Crippen LogP contribution is -2.63. The highest BCUT2D eigenvalue weighted by atomic mass is 32.2. The van der Waals surface area contributed by atoms with E-state index in [1.807, 2.05) is 39.7 Å². The SMILES string of the molecule is CC(C)CS(=O)N1CC(CC#N)(n2cc(-c3ccnc4[nH]ccc34)cn2)C1. The Morgan fingerprint density at radius 1 is 1.41 bits per heavy atom. The van der Waals surface area contributed by atoms with E-state index in [-0.39, 0.29) is 0 Å². The Labute approximate surface area is 160 Å². The molecule has 0 aromatic carbocycles. The zero-order valence-electron chi connectivity index (χ0n) is 15.4. The molecule has 0 saturated carbocycles. The van der Waals surface area contributed by atoms with Crippen molar-refractivity contribution in [2.45, 2.75) is 25.8 Å². The maximum atomic E-state index is 12.4. The predicted molar refractivity (Wildman–Crippen MR) is 105 cm³/mol. The number of fused-ring (bicyclic) bond motifs is 1. The maximum absolute atomic E-state index is 12.4. The Kier molecular flexibility index (Phi) is 4.58. The van der Waals surface area contributed by atoms with Crippen molar-refractivity contribution in [3.63, 3.8) is 0 Å². The number of aromatic nitrogens is 4. The molecule has 0 radical (unpaired) electrons. The second-order valence-corrected chi connectivity index (χ2v) is 9.00. The van der Waals surface area contributed by atoms with E-state index in [0.29, 0.717) is 31.2 Å². The van der Waals surface area contributed by atoms with E-state index in [2.05, 4.69) is 35.0 Å².